The van der Waals surface area contributed by atoms with E-state index < -0.39 is 8.07 Å². The Morgan fingerprint density at radius 3 is 2.00 bits per heavy atom. The molecule has 0 spiro atoms. The zero-order chi connectivity index (χ0) is 12.1. The van der Waals surface area contributed by atoms with E-state index in [-0.39, 0.29) is 26.2 Å². The highest BCUT2D eigenvalue weighted by atomic mass is 28.3. The lowest BCUT2D eigenvalue weighted by Crippen LogP contribution is -2.27. The van der Waals surface area contributed by atoms with Crippen LogP contribution in [0.4, 0.5) is 0 Å². The third kappa shape index (κ3) is 10.6. The molecule has 17 heavy (non-hydrogen) atoms. The molecule has 0 fully saturated rings. The van der Waals surface area contributed by atoms with Crippen LogP contribution in [0.3, 0.4) is 0 Å². The minimum absolute atomic E-state index is 0. The summed E-state index contributed by atoms with van der Waals surface area (Å²) >= 11 is 0. The van der Waals surface area contributed by atoms with Gasteiger partial charge in [0.1, 0.15) is 0 Å². The van der Waals surface area contributed by atoms with Crippen LogP contribution in [0.15, 0.2) is 0 Å². The monoisotopic (exact) mass is 262 g/mol. The second-order valence-corrected chi connectivity index (χ2v) is 11.7. The molecular formula is C14H34O2Si. The molecule has 0 aromatic rings. The summed E-state index contributed by atoms with van der Waals surface area (Å²) < 4.78 is 5.28. The van der Waals surface area contributed by atoms with Crippen LogP contribution in [0, 0.1) is 5.41 Å². The van der Waals surface area contributed by atoms with Gasteiger partial charge in [-0.15, -0.1) is 0 Å². The van der Waals surface area contributed by atoms with Gasteiger partial charge in [0.15, 0.2) is 0 Å². The van der Waals surface area contributed by atoms with Gasteiger partial charge in [-0.1, -0.05) is 47.5 Å². The van der Waals surface area contributed by atoms with Gasteiger partial charge in [0.2, 0.25) is 0 Å². The molecule has 0 saturated carbocycles. The van der Waals surface area contributed by atoms with Gasteiger partial charge in [-0.2, -0.15) is 0 Å². The van der Waals surface area contributed by atoms with Gasteiger partial charge < -0.3 is 4.74 Å². The second-order valence-electron chi connectivity index (χ2n) is 6.04. The SMILES string of the molecule is C.C.CCC(C)(C)C(=O)OCCC[Si](C)(C)C. The maximum Gasteiger partial charge on any atom is 0.311 e. The average molecular weight is 263 g/mol. The van der Waals surface area contributed by atoms with Crippen molar-refractivity contribution >= 4 is 14.0 Å². The summed E-state index contributed by atoms with van der Waals surface area (Å²) in [6.07, 6.45) is 1.85. The zero-order valence-corrected chi connectivity index (χ0v) is 12.1. The van der Waals surface area contributed by atoms with Crippen LogP contribution < -0.4 is 0 Å². The number of esters is 1. The Morgan fingerprint density at radius 2 is 1.65 bits per heavy atom. The van der Waals surface area contributed by atoms with Crippen LogP contribution in [0.2, 0.25) is 25.7 Å². The van der Waals surface area contributed by atoms with Crippen LogP contribution in [-0.2, 0) is 9.53 Å². The van der Waals surface area contributed by atoms with E-state index in [0.717, 1.165) is 12.8 Å². The third-order valence-corrected chi connectivity index (χ3v) is 4.59. The van der Waals surface area contributed by atoms with Gasteiger partial charge in [-0.25, -0.2) is 0 Å². The normalized spacial score (nSPS) is 11.2. The van der Waals surface area contributed by atoms with Crippen molar-refractivity contribution in [2.75, 3.05) is 6.61 Å². The van der Waals surface area contributed by atoms with Crippen molar-refractivity contribution in [1.82, 2.24) is 0 Å². The molecule has 0 N–H and O–H groups in total. The highest BCUT2D eigenvalue weighted by Crippen LogP contribution is 2.21. The number of carbonyl (C=O) groups is 1. The van der Waals surface area contributed by atoms with Crippen LogP contribution in [0.5, 0.6) is 0 Å². The maximum absolute atomic E-state index is 11.6. The topological polar surface area (TPSA) is 26.3 Å². The maximum atomic E-state index is 11.6. The van der Waals surface area contributed by atoms with Crippen molar-refractivity contribution in [1.29, 1.82) is 0 Å². The molecule has 0 unspecified atom stereocenters. The first-order valence-electron chi connectivity index (χ1n) is 5.86. The Labute approximate surface area is 110 Å². The molecule has 0 radical (unpaired) electrons. The van der Waals surface area contributed by atoms with Gasteiger partial charge in [0, 0.05) is 8.07 Å². The number of carbonyl (C=O) groups excluding carboxylic acids is 1. The molecule has 0 aromatic carbocycles. The summed E-state index contributed by atoms with van der Waals surface area (Å²) in [6, 6.07) is 1.23. The number of hydrogen-bond acceptors (Lipinski definition) is 2. The molecule has 0 heterocycles. The lowest BCUT2D eigenvalue weighted by atomic mass is 9.91. The molecule has 0 atom stereocenters. The first kappa shape index (κ1) is 21.9. The summed E-state index contributed by atoms with van der Waals surface area (Å²) in [5, 5.41) is 0. The minimum atomic E-state index is -0.975. The summed E-state index contributed by atoms with van der Waals surface area (Å²) in [5.41, 5.74) is -0.320. The second kappa shape index (κ2) is 8.73. The van der Waals surface area contributed by atoms with Crippen LogP contribution in [0.25, 0.3) is 0 Å². The minimum Gasteiger partial charge on any atom is -0.465 e. The molecule has 0 aliphatic rings. The fourth-order valence-electron chi connectivity index (χ4n) is 1.11. The molecule has 0 bridgehead atoms. The summed E-state index contributed by atoms with van der Waals surface area (Å²) in [4.78, 5) is 11.6. The van der Waals surface area contributed by atoms with Crippen LogP contribution in [0.1, 0.15) is 48.5 Å². The molecule has 0 aliphatic carbocycles. The third-order valence-electron chi connectivity index (χ3n) is 2.74. The van der Waals surface area contributed by atoms with Gasteiger partial charge >= 0.3 is 5.97 Å². The van der Waals surface area contributed by atoms with E-state index in [1.165, 1.54) is 6.04 Å². The van der Waals surface area contributed by atoms with E-state index in [1.807, 2.05) is 20.8 Å². The van der Waals surface area contributed by atoms with Crippen molar-refractivity contribution in [3.05, 3.63) is 0 Å². The quantitative estimate of drug-likeness (QED) is 0.384. The van der Waals surface area contributed by atoms with Crippen LogP contribution >= 0.6 is 0 Å². The molecular weight excluding hydrogens is 228 g/mol. The first-order valence-corrected chi connectivity index (χ1v) is 9.57. The number of rotatable bonds is 6. The lowest BCUT2D eigenvalue weighted by molar-refractivity contribution is -0.154. The van der Waals surface area contributed by atoms with Crippen molar-refractivity contribution in [2.24, 2.45) is 5.41 Å². The molecule has 0 rings (SSSR count). The molecule has 106 valence electrons. The fourth-order valence-corrected chi connectivity index (χ4v) is 2.31. The highest BCUT2D eigenvalue weighted by Gasteiger charge is 2.26. The van der Waals surface area contributed by atoms with E-state index in [4.69, 9.17) is 4.74 Å². The predicted octanol–water partition coefficient (Wildman–Crippen LogP) is 4.97. The molecule has 0 amide bonds. The van der Waals surface area contributed by atoms with Gasteiger partial charge in [-0.3, -0.25) is 4.79 Å². The van der Waals surface area contributed by atoms with E-state index in [0.29, 0.717) is 6.61 Å². The first-order chi connectivity index (χ1) is 6.69. The van der Waals surface area contributed by atoms with E-state index in [9.17, 15) is 4.79 Å². The Kier molecular flexibility index (Phi) is 11.3. The Morgan fingerprint density at radius 1 is 1.18 bits per heavy atom. The molecule has 0 aliphatic heterocycles. The molecule has 3 heteroatoms. The number of ether oxygens (including phenoxy) is 1. The largest absolute Gasteiger partial charge is 0.465 e. The van der Waals surface area contributed by atoms with Crippen molar-refractivity contribution in [3.63, 3.8) is 0 Å². The summed E-state index contributed by atoms with van der Waals surface area (Å²) in [5.74, 6) is -0.0550. The molecule has 2 nitrogen and oxygen atoms in total. The molecule has 0 saturated heterocycles. The Balaban J connectivity index is -0.000000980. The van der Waals surface area contributed by atoms with Crippen LogP contribution in [-0.4, -0.2) is 20.7 Å². The Bertz CT molecular complexity index is 205. The summed E-state index contributed by atoms with van der Waals surface area (Å²) in [7, 11) is -0.975. The Hall–Kier alpha value is -0.313. The van der Waals surface area contributed by atoms with Gasteiger partial charge in [0.05, 0.1) is 12.0 Å². The summed E-state index contributed by atoms with van der Waals surface area (Å²) in [6.45, 7) is 13.5. The smallest absolute Gasteiger partial charge is 0.311 e. The van der Waals surface area contributed by atoms with E-state index in [1.54, 1.807) is 0 Å². The van der Waals surface area contributed by atoms with E-state index >= 15 is 0 Å². The fraction of sp³-hybridized carbons (Fsp3) is 0.929. The van der Waals surface area contributed by atoms with Crippen molar-refractivity contribution in [3.8, 4) is 0 Å². The number of hydrogen-bond donors (Lipinski definition) is 0. The average Bonchev–Trinajstić information content (AvgIpc) is 2.10. The highest BCUT2D eigenvalue weighted by molar-refractivity contribution is 6.76. The standard InChI is InChI=1S/C12H26O2Si.2CH4/c1-7-12(2,3)11(13)14-9-8-10-15(4,5)6;;/h7-10H2,1-6H3;2*1H4. The lowest BCUT2D eigenvalue weighted by Gasteiger charge is -2.21. The van der Waals surface area contributed by atoms with Gasteiger partial charge in [0.25, 0.3) is 0 Å². The zero-order valence-electron chi connectivity index (χ0n) is 11.1. The van der Waals surface area contributed by atoms with Crippen molar-refractivity contribution < 1.29 is 9.53 Å². The van der Waals surface area contributed by atoms with Crippen molar-refractivity contribution in [2.45, 2.75) is 74.2 Å². The van der Waals surface area contributed by atoms with E-state index in [2.05, 4.69) is 19.6 Å². The molecule has 0 aromatic heterocycles. The van der Waals surface area contributed by atoms with Gasteiger partial charge in [-0.05, 0) is 26.7 Å². The predicted molar refractivity (Wildman–Crippen MR) is 81.3 cm³/mol.